The van der Waals surface area contributed by atoms with Gasteiger partial charge in [0.15, 0.2) is 5.82 Å². The number of pyridine rings is 1. The molecule has 0 aliphatic rings. The molecule has 7 heteroatoms. The van der Waals surface area contributed by atoms with Crippen LogP contribution in [0.3, 0.4) is 0 Å². The summed E-state index contributed by atoms with van der Waals surface area (Å²) in [7, 11) is 0. The summed E-state index contributed by atoms with van der Waals surface area (Å²) in [6.45, 7) is 7.71. The molecule has 1 N–H and O–H groups in total. The molecule has 7 nitrogen and oxygen atoms in total. The minimum Gasteiger partial charge on any atom is -0.332 e. The molecule has 3 rings (SSSR count). The van der Waals surface area contributed by atoms with Gasteiger partial charge >= 0.3 is 0 Å². The lowest BCUT2D eigenvalue weighted by atomic mass is 9.96. The van der Waals surface area contributed by atoms with Crippen molar-refractivity contribution in [3.05, 3.63) is 64.2 Å². The number of aromatic nitrogens is 3. The molecule has 2 heterocycles. The van der Waals surface area contributed by atoms with Gasteiger partial charge in [0.1, 0.15) is 12.2 Å². The summed E-state index contributed by atoms with van der Waals surface area (Å²) >= 11 is 0. The van der Waals surface area contributed by atoms with Crippen molar-refractivity contribution in [2.75, 3.05) is 5.32 Å². The van der Waals surface area contributed by atoms with Crippen LogP contribution in [0.1, 0.15) is 32.2 Å². The lowest BCUT2D eigenvalue weighted by Gasteiger charge is -2.12. The van der Waals surface area contributed by atoms with Crippen molar-refractivity contribution in [1.29, 1.82) is 0 Å². The lowest BCUT2D eigenvalue weighted by molar-refractivity contribution is -0.116. The number of amides is 1. The van der Waals surface area contributed by atoms with Crippen LogP contribution in [-0.2, 0) is 16.8 Å². The number of nitrogens with one attached hydrogen (secondary N) is 1. The molecular weight excluding hydrogens is 344 g/mol. The number of carbonyl (C=O) groups is 1. The Bertz CT molecular complexity index is 1010. The molecule has 0 aliphatic carbocycles. The predicted molar refractivity (Wildman–Crippen MR) is 103 cm³/mol. The van der Waals surface area contributed by atoms with Gasteiger partial charge < -0.3 is 9.84 Å². The van der Waals surface area contributed by atoms with Gasteiger partial charge in [-0.3, -0.25) is 14.2 Å². The standard InChI is InChI=1S/C20H22N4O3/c1-13-8-10-14(11-9-13)21-16(25)12-24-15(6-5-7-17(24)26)18-22-19(23-27-18)20(2,3)4/h5-11H,12H2,1-4H3,(H,21,25). The molecule has 3 aromatic rings. The number of benzene rings is 1. The van der Waals surface area contributed by atoms with Crippen LogP contribution in [0.5, 0.6) is 0 Å². The zero-order valence-electron chi connectivity index (χ0n) is 15.8. The normalized spacial score (nSPS) is 11.4. The molecule has 0 aliphatic heterocycles. The predicted octanol–water partition coefficient (Wildman–Crippen LogP) is 3.14. The van der Waals surface area contributed by atoms with E-state index in [4.69, 9.17) is 4.52 Å². The highest BCUT2D eigenvalue weighted by Gasteiger charge is 2.23. The Morgan fingerprint density at radius 3 is 2.48 bits per heavy atom. The molecule has 0 bridgehead atoms. The first-order chi connectivity index (χ1) is 12.7. The topological polar surface area (TPSA) is 90.0 Å². The third-order valence-electron chi connectivity index (χ3n) is 4.00. The van der Waals surface area contributed by atoms with E-state index < -0.39 is 0 Å². The minimum absolute atomic E-state index is 0.157. The number of hydrogen-bond acceptors (Lipinski definition) is 5. The van der Waals surface area contributed by atoms with E-state index in [1.807, 2.05) is 52.0 Å². The van der Waals surface area contributed by atoms with E-state index in [9.17, 15) is 9.59 Å². The summed E-state index contributed by atoms with van der Waals surface area (Å²) in [5.41, 5.74) is 1.57. The van der Waals surface area contributed by atoms with E-state index in [1.54, 1.807) is 12.1 Å². The Morgan fingerprint density at radius 2 is 1.85 bits per heavy atom. The molecule has 140 valence electrons. The van der Waals surface area contributed by atoms with E-state index >= 15 is 0 Å². The van der Waals surface area contributed by atoms with Crippen molar-refractivity contribution >= 4 is 11.6 Å². The Kier molecular flexibility index (Phi) is 4.94. The van der Waals surface area contributed by atoms with E-state index in [1.165, 1.54) is 10.6 Å². The zero-order valence-corrected chi connectivity index (χ0v) is 15.8. The molecule has 27 heavy (non-hydrogen) atoms. The van der Waals surface area contributed by atoms with Gasteiger partial charge in [-0.2, -0.15) is 4.98 Å². The number of nitrogens with zero attached hydrogens (tertiary/aromatic N) is 3. The molecular formula is C20H22N4O3. The van der Waals surface area contributed by atoms with Crippen molar-refractivity contribution in [3.63, 3.8) is 0 Å². The van der Waals surface area contributed by atoms with Crippen LogP contribution in [0.4, 0.5) is 5.69 Å². The van der Waals surface area contributed by atoms with E-state index in [0.717, 1.165) is 5.56 Å². The number of hydrogen-bond donors (Lipinski definition) is 1. The molecule has 0 fully saturated rings. The maximum Gasteiger partial charge on any atom is 0.274 e. The van der Waals surface area contributed by atoms with Gasteiger partial charge in [0.05, 0.1) is 0 Å². The molecule has 0 atom stereocenters. The number of aryl methyl sites for hydroxylation is 1. The van der Waals surface area contributed by atoms with Crippen molar-refractivity contribution in [2.24, 2.45) is 0 Å². The molecule has 0 unspecified atom stereocenters. The summed E-state index contributed by atoms with van der Waals surface area (Å²) in [6.07, 6.45) is 0. The number of anilines is 1. The number of carbonyl (C=O) groups excluding carboxylic acids is 1. The van der Waals surface area contributed by atoms with E-state index in [0.29, 0.717) is 17.2 Å². The van der Waals surface area contributed by atoms with Crippen molar-refractivity contribution < 1.29 is 9.32 Å². The van der Waals surface area contributed by atoms with E-state index in [-0.39, 0.29) is 29.3 Å². The highest BCUT2D eigenvalue weighted by molar-refractivity contribution is 5.90. The van der Waals surface area contributed by atoms with E-state index in [2.05, 4.69) is 15.5 Å². The monoisotopic (exact) mass is 366 g/mol. The highest BCUT2D eigenvalue weighted by atomic mass is 16.5. The largest absolute Gasteiger partial charge is 0.332 e. The fourth-order valence-electron chi connectivity index (χ4n) is 2.48. The van der Waals surface area contributed by atoms with Crippen LogP contribution >= 0.6 is 0 Å². The summed E-state index contributed by atoms with van der Waals surface area (Å²) in [4.78, 5) is 29.2. The van der Waals surface area contributed by atoms with Crippen molar-refractivity contribution in [1.82, 2.24) is 14.7 Å². The van der Waals surface area contributed by atoms with Crippen LogP contribution in [0.25, 0.3) is 11.6 Å². The minimum atomic E-state index is -0.318. The fraction of sp³-hybridized carbons (Fsp3) is 0.300. The molecule has 1 amide bonds. The molecule has 0 saturated carbocycles. The van der Waals surface area contributed by atoms with Crippen LogP contribution in [0.15, 0.2) is 51.8 Å². The molecule has 2 aromatic heterocycles. The first-order valence-electron chi connectivity index (χ1n) is 8.65. The first-order valence-corrected chi connectivity index (χ1v) is 8.65. The Hall–Kier alpha value is -3.22. The van der Waals surface area contributed by atoms with Crippen molar-refractivity contribution in [3.8, 4) is 11.6 Å². The summed E-state index contributed by atoms with van der Waals surface area (Å²) in [5, 5.41) is 6.78. The summed E-state index contributed by atoms with van der Waals surface area (Å²) < 4.78 is 6.66. The smallest absolute Gasteiger partial charge is 0.274 e. The summed E-state index contributed by atoms with van der Waals surface area (Å²) in [5.74, 6) is 0.425. The fourth-order valence-corrected chi connectivity index (χ4v) is 2.48. The van der Waals surface area contributed by atoms with Gasteiger partial charge in [-0.25, -0.2) is 0 Å². The SMILES string of the molecule is Cc1ccc(NC(=O)Cn2c(-c3nc(C(C)(C)C)no3)cccc2=O)cc1. The quantitative estimate of drug-likeness (QED) is 0.766. The van der Waals surface area contributed by atoms with Gasteiger partial charge in [0.2, 0.25) is 5.91 Å². The average Bonchev–Trinajstić information content (AvgIpc) is 3.09. The Morgan fingerprint density at radius 1 is 1.15 bits per heavy atom. The lowest BCUT2D eigenvalue weighted by Crippen LogP contribution is -2.28. The number of rotatable bonds is 4. The molecule has 0 radical (unpaired) electrons. The molecule has 0 saturated heterocycles. The van der Waals surface area contributed by atoms with Gasteiger partial charge in [-0.05, 0) is 25.1 Å². The summed E-state index contributed by atoms with van der Waals surface area (Å²) in [6, 6.07) is 12.1. The Labute approximate surface area is 157 Å². The maximum absolute atomic E-state index is 12.4. The third-order valence-corrected chi connectivity index (χ3v) is 4.00. The molecule has 0 spiro atoms. The third kappa shape index (κ3) is 4.31. The second-order valence-corrected chi connectivity index (χ2v) is 7.42. The van der Waals surface area contributed by atoms with Gasteiger partial charge in [0, 0.05) is 17.2 Å². The average molecular weight is 366 g/mol. The van der Waals surface area contributed by atoms with Crippen molar-refractivity contribution in [2.45, 2.75) is 39.7 Å². The van der Waals surface area contributed by atoms with Crippen LogP contribution in [0, 0.1) is 6.92 Å². The second kappa shape index (κ2) is 7.19. The maximum atomic E-state index is 12.4. The Balaban J connectivity index is 1.87. The first kappa shape index (κ1) is 18.6. The van der Waals surface area contributed by atoms with Crippen LogP contribution in [-0.4, -0.2) is 20.6 Å². The highest BCUT2D eigenvalue weighted by Crippen LogP contribution is 2.23. The van der Waals surface area contributed by atoms with Crippen LogP contribution < -0.4 is 10.9 Å². The van der Waals surface area contributed by atoms with Gasteiger partial charge in [0.25, 0.3) is 11.4 Å². The van der Waals surface area contributed by atoms with Crippen LogP contribution in [0.2, 0.25) is 0 Å². The van der Waals surface area contributed by atoms with Gasteiger partial charge in [-0.1, -0.05) is 49.7 Å². The zero-order chi connectivity index (χ0) is 19.6. The second-order valence-electron chi connectivity index (χ2n) is 7.42. The van der Waals surface area contributed by atoms with Gasteiger partial charge in [-0.15, -0.1) is 0 Å². The molecule has 1 aromatic carbocycles.